The number of nitrogens with zero attached hydrogens (tertiary/aromatic N) is 4. The highest BCUT2D eigenvalue weighted by atomic mass is 32.2. The average Bonchev–Trinajstić information content (AvgIpc) is 3.36. The van der Waals surface area contributed by atoms with E-state index < -0.39 is 15.6 Å². The van der Waals surface area contributed by atoms with E-state index in [9.17, 15) is 13.2 Å². The highest BCUT2D eigenvalue weighted by Gasteiger charge is 2.34. The zero-order valence-corrected chi connectivity index (χ0v) is 21.7. The van der Waals surface area contributed by atoms with E-state index in [-0.39, 0.29) is 24.0 Å². The van der Waals surface area contributed by atoms with Gasteiger partial charge in [-0.25, -0.2) is 8.42 Å². The number of rotatable bonds is 10. The second kappa shape index (κ2) is 10.5. The SMILES string of the molecule is COc1ccc(CN(Cc2ccc(OC)cc2)S(=O)(=O)c2ccn(C(C)(C)C(=O)N(C)C)n2)cc1. The monoisotopic (exact) mass is 500 g/mol. The first kappa shape index (κ1) is 26.2. The lowest BCUT2D eigenvalue weighted by atomic mass is 10.0. The van der Waals surface area contributed by atoms with Crippen molar-refractivity contribution < 1.29 is 22.7 Å². The molecule has 3 aromatic rings. The van der Waals surface area contributed by atoms with Crippen molar-refractivity contribution in [3.8, 4) is 11.5 Å². The maximum atomic E-state index is 13.7. The van der Waals surface area contributed by atoms with Crippen LogP contribution in [0.15, 0.2) is 65.8 Å². The number of hydrogen-bond acceptors (Lipinski definition) is 6. The molecule has 0 radical (unpaired) electrons. The lowest BCUT2D eigenvalue weighted by Crippen LogP contribution is -2.44. The summed E-state index contributed by atoms with van der Waals surface area (Å²) in [6.45, 7) is 3.66. The van der Waals surface area contributed by atoms with Gasteiger partial charge in [-0.3, -0.25) is 9.48 Å². The van der Waals surface area contributed by atoms with Crippen LogP contribution in [-0.2, 0) is 33.4 Å². The van der Waals surface area contributed by atoms with Crippen molar-refractivity contribution in [2.24, 2.45) is 0 Å². The van der Waals surface area contributed by atoms with Crippen LogP contribution < -0.4 is 9.47 Å². The summed E-state index contributed by atoms with van der Waals surface area (Å²) in [5.74, 6) is 1.17. The van der Waals surface area contributed by atoms with Crippen molar-refractivity contribution in [1.29, 1.82) is 0 Å². The lowest BCUT2D eigenvalue weighted by Gasteiger charge is -2.27. The second-order valence-corrected chi connectivity index (χ2v) is 10.7. The number of sulfonamides is 1. The largest absolute Gasteiger partial charge is 0.497 e. The summed E-state index contributed by atoms with van der Waals surface area (Å²) < 4.78 is 40.7. The van der Waals surface area contributed by atoms with Gasteiger partial charge >= 0.3 is 0 Å². The number of amides is 1. The molecule has 1 amide bonds. The third kappa shape index (κ3) is 5.83. The summed E-state index contributed by atoms with van der Waals surface area (Å²) in [5, 5.41) is 4.19. The van der Waals surface area contributed by atoms with Gasteiger partial charge in [-0.2, -0.15) is 9.40 Å². The van der Waals surface area contributed by atoms with Gasteiger partial charge < -0.3 is 14.4 Å². The molecule has 9 nitrogen and oxygen atoms in total. The van der Waals surface area contributed by atoms with E-state index in [1.165, 1.54) is 26.2 Å². The number of hydrogen-bond donors (Lipinski definition) is 0. The fourth-order valence-corrected chi connectivity index (χ4v) is 4.96. The Balaban J connectivity index is 1.97. The van der Waals surface area contributed by atoms with Crippen molar-refractivity contribution in [2.45, 2.75) is 37.5 Å². The maximum Gasteiger partial charge on any atom is 0.262 e. The van der Waals surface area contributed by atoms with Crippen molar-refractivity contribution in [3.05, 3.63) is 71.9 Å². The van der Waals surface area contributed by atoms with Crippen LogP contribution in [0.1, 0.15) is 25.0 Å². The predicted molar refractivity (Wildman–Crippen MR) is 133 cm³/mol. The number of aromatic nitrogens is 2. The zero-order valence-electron chi connectivity index (χ0n) is 20.9. The second-order valence-electron chi connectivity index (χ2n) is 8.83. The Kier molecular flexibility index (Phi) is 7.86. The molecule has 0 fully saturated rings. The standard InChI is InChI=1S/C25H32N4O5S/c1-25(2,24(30)27(3)4)29-16-15-23(26-29)35(31,32)28(17-19-7-11-21(33-5)12-8-19)18-20-9-13-22(34-6)14-10-20/h7-16H,17-18H2,1-6H3. The van der Waals surface area contributed by atoms with Gasteiger partial charge in [0.15, 0.2) is 5.03 Å². The third-order valence-electron chi connectivity index (χ3n) is 5.71. The van der Waals surface area contributed by atoms with E-state index in [1.54, 1.807) is 66.4 Å². The van der Waals surface area contributed by atoms with Gasteiger partial charge in [0, 0.05) is 33.4 Å². The topological polar surface area (TPSA) is 94.0 Å². The van der Waals surface area contributed by atoms with Crippen LogP contribution in [0.4, 0.5) is 0 Å². The average molecular weight is 501 g/mol. The zero-order chi connectivity index (χ0) is 25.8. The summed E-state index contributed by atoms with van der Waals surface area (Å²) in [6, 6.07) is 15.9. The van der Waals surface area contributed by atoms with Crippen LogP contribution in [0, 0.1) is 0 Å². The molecule has 0 bridgehead atoms. The molecule has 10 heteroatoms. The van der Waals surface area contributed by atoms with Crippen LogP contribution in [0.5, 0.6) is 11.5 Å². The van der Waals surface area contributed by atoms with Crippen molar-refractivity contribution >= 4 is 15.9 Å². The smallest absolute Gasteiger partial charge is 0.262 e. The summed E-state index contributed by atoms with van der Waals surface area (Å²) in [7, 11) is 2.45. The van der Waals surface area contributed by atoms with Crippen LogP contribution in [0.25, 0.3) is 0 Å². The molecule has 0 saturated heterocycles. The molecule has 1 heterocycles. The van der Waals surface area contributed by atoms with E-state index in [1.807, 2.05) is 24.3 Å². The number of benzene rings is 2. The minimum Gasteiger partial charge on any atom is -0.497 e. The van der Waals surface area contributed by atoms with Crippen LogP contribution in [-0.4, -0.2) is 61.6 Å². The number of ether oxygens (including phenoxy) is 2. The normalized spacial score (nSPS) is 12.0. The Bertz CT molecular complexity index is 1200. The number of likely N-dealkylation sites (N-methyl/N-ethyl adjacent to an activating group) is 1. The highest BCUT2D eigenvalue weighted by molar-refractivity contribution is 7.89. The Morgan fingerprint density at radius 1 is 0.886 bits per heavy atom. The van der Waals surface area contributed by atoms with E-state index in [0.717, 1.165) is 11.1 Å². The molecule has 3 rings (SSSR count). The third-order valence-corrected chi connectivity index (χ3v) is 7.39. The molecule has 0 saturated carbocycles. The van der Waals surface area contributed by atoms with Gasteiger partial charge in [-0.1, -0.05) is 24.3 Å². The summed E-state index contributed by atoms with van der Waals surface area (Å²) in [6.07, 6.45) is 1.52. The first-order valence-corrected chi connectivity index (χ1v) is 12.5. The molecule has 2 aromatic carbocycles. The number of carbonyl (C=O) groups is 1. The Morgan fingerprint density at radius 2 is 1.34 bits per heavy atom. The van der Waals surface area contributed by atoms with Crippen molar-refractivity contribution in [3.63, 3.8) is 0 Å². The van der Waals surface area contributed by atoms with Crippen molar-refractivity contribution in [1.82, 2.24) is 19.0 Å². The quantitative estimate of drug-likeness (QED) is 0.425. The van der Waals surface area contributed by atoms with Crippen LogP contribution in [0.2, 0.25) is 0 Å². The Morgan fingerprint density at radius 3 is 1.74 bits per heavy atom. The van der Waals surface area contributed by atoms with Gasteiger partial charge in [-0.05, 0) is 55.3 Å². The summed E-state index contributed by atoms with van der Waals surface area (Å²) >= 11 is 0. The number of carbonyl (C=O) groups excluding carboxylic acids is 1. The molecule has 0 N–H and O–H groups in total. The maximum absolute atomic E-state index is 13.7. The number of methoxy groups -OCH3 is 2. The molecule has 0 atom stereocenters. The minimum absolute atomic E-state index is 0.126. The molecule has 0 unspecified atom stereocenters. The first-order valence-electron chi connectivity index (χ1n) is 11.0. The van der Waals surface area contributed by atoms with Crippen molar-refractivity contribution in [2.75, 3.05) is 28.3 Å². The van der Waals surface area contributed by atoms with E-state index in [4.69, 9.17) is 9.47 Å². The predicted octanol–water partition coefficient (Wildman–Crippen LogP) is 3.11. The van der Waals surface area contributed by atoms with Crippen LogP contribution in [0.3, 0.4) is 0 Å². The molecule has 35 heavy (non-hydrogen) atoms. The molecule has 0 aliphatic heterocycles. The van der Waals surface area contributed by atoms with Crippen LogP contribution >= 0.6 is 0 Å². The van der Waals surface area contributed by atoms with E-state index >= 15 is 0 Å². The first-order chi connectivity index (χ1) is 16.5. The molecule has 1 aromatic heterocycles. The van der Waals surface area contributed by atoms with E-state index in [0.29, 0.717) is 11.5 Å². The summed E-state index contributed by atoms with van der Waals surface area (Å²) in [5.41, 5.74) is 0.546. The van der Waals surface area contributed by atoms with Gasteiger partial charge in [0.05, 0.1) is 14.2 Å². The molecule has 0 spiro atoms. The van der Waals surface area contributed by atoms with Gasteiger partial charge in [0.1, 0.15) is 17.0 Å². The molecular formula is C25H32N4O5S. The lowest BCUT2D eigenvalue weighted by molar-refractivity contribution is -0.137. The summed E-state index contributed by atoms with van der Waals surface area (Å²) in [4.78, 5) is 14.1. The minimum atomic E-state index is -4.00. The van der Waals surface area contributed by atoms with Gasteiger partial charge in [-0.15, -0.1) is 0 Å². The molecule has 188 valence electrons. The fourth-order valence-electron chi connectivity index (χ4n) is 3.63. The Hall–Kier alpha value is -3.37. The molecule has 0 aliphatic carbocycles. The van der Waals surface area contributed by atoms with E-state index in [2.05, 4.69) is 5.10 Å². The molecular weight excluding hydrogens is 468 g/mol. The fraction of sp³-hybridized carbons (Fsp3) is 0.360. The Labute approximate surface area is 206 Å². The van der Waals surface area contributed by atoms with Gasteiger partial charge in [0.25, 0.3) is 10.0 Å². The molecule has 0 aliphatic rings. The highest BCUT2D eigenvalue weighted by Crippen LogP contribution is 2.24. The van der Waals surface area contributed by atoms with Gasteiger partial charge in [0.2, 0.25) is 5.91 Å².